The van der Waals surface area contributed by atoms with E-state index in [1.165, 1.54) is 6.07 Å². The van der Waals surface area contributed by atoms with E-state index < -0.39 is 53.5 Å². The maximum absolute atomic E-state index is 15.8. The van der Waals surface area contributed by atoms with Crippen LogP contribution in [-0.4, -0.2) is 46.1 Å². The minimum Gasteiger partial charge on any atom is -0.481 e. The van der Waals surface area contributed by atoms with E-state index in [2.05, 4.69) is 12.2 Å². The van der Waals surface area contributed by atoms with Crippen LogP contribution in [0.5, 0.6) is 0 Å². The Balaban J connectivity index is 1.76. The zero-order valence-corrected chi connectivity index (χ0v) is 28.6. The molecular formula is C37H45F4N3O4. The van der Waals surface area contributed by atoms with Crippen molar-refractivity contribution in [2.45, 2.75) is 86.0 Å². The molecule has 1 aliphatic rings. The van der Waals surface area contributed by atoms with Gasteiger partial charge in [-0.1, -0.05) is 38.5 Å². The molecule has 260 valence electrons. The zero-order chi connectivity index (χ0) is 35.7. The number of rotatable bonds is 12. The van der Waals surface area contributed by atoms with Crippen molar-refractivity contribution in [3.63, 3.8) is 0 Å². The lowest BCUT2D eigenvalue weighted by atomic mass is 9.89. The Kier molecular flexibility index (Phi) is 11.2. The molecule has 48 heavy (non-hydrogen) atoms. The molecule has 2 aromatic carbocycles. The zero-order valence-electron chi connectivity index (χ0n) is 28.6. The molecule has 4 rings (SSSR count). The molecule has 1 unspecified atom stereocenters. The van der Waals surface area contributed by atoms with Crippen LogP contribution in [0.2, 0.25) is 0 Å². The number of carboxylic acid groups (broad SMARTS) is 1. The highest BCUT2D eigenvalue weighted by molar-refractivity contribution is 5.82. The van der Waals surface area contributed by atoms with Crippen LogP contribution in [-0.2, 0) is 22.2 Å². The number of carboxylic acids is 1. The number of nitrogens with zero attached hydrogens (tertiary/aromatic N) is 2. The van der Waals surface area contributed by atoms with E-state index in [1.54, 1.807) is 26.8 Å². The monoisotopic (exact) mass is 671 g/mol. The molecule has 0 aliphatic carbocycles. The summed E-state index contributed by atoms with van der Waals surface area (Å²) in [7, 11) is 0. The summed E-state index contributed by atoms with van der Waals surface area (Å²) in [6.45, 7) is 14.9. The number of aromatic nitrogens is 1. The average molecular weight is 672 g/mol. The standard InChI is InChI=1S/C37H45F4N3O4/c1-20(2)10-31(44-19-26(8-9-43-17-22(4)18-43)29(15-32(44)45)37(39,40)41)36(48)42-30(16-33(46)47)28-14-27(13-25(7)35(28)38)34-23(5)11-21(3)12-24(34)6/h11-15,19-20,22,30-31H,8-10,16-18H2,1-7H3,(H,42,48)(H,46,47)/t30-,31?/m0/s1. The van der Waals surface area contributed by atoms with Crippen molar-refractivity contribution in [1.82, 2.24) is 14.8 Å². The topological polar surface area (TPSA) is 91.6 Å². The Labute approximate surface area is 279 Å². The number of hydrogen-bond acceptors (Lipinski definition) is 4. The van der Waals surface area contributed by atoms with Crippen molar-refractivity contribution >= 4 is 11.9 Å². The van der Waals surface area contributed by atoms with Crippen LogP contribution in [0.4, 0.5) is 17.6 Å². The lowest BCUT2D eigenvalue weighted by Crippen LogP contribution is -2.46. The summed E-state index contributed by atoms with van der Waals surface area (Å²) in [5.41, 5.74) is 2.53. The normalized spacial score (nSPS) is 15.3. The van der Waals surface area contributed by atoms with E-state index in [0.29, 0.717) is 24.1 Å². The van der Waals surface area contributed by atoms with Crippen molar-refractivity contribution in [2.24, 2.45) is 11.8 Å². The molecule has 1 fully saturated rings. The second kappa shape index (κ2) is 14.6. The highest BCUT2D eigenvalue weighted by Crippen LogP contribution is 2.35. The summed E-state index contributed by atoms with van der Waals surface area (Å²) in [4.78, 5) is 41.4. The fourth-order valence-corrected chi connectivity index (χ4v) is 6.89. The van der Waals surface area contributed by atoms with E-state index in [0.717, 1.165) is 46.1 Å². The number of amides is 1. The predicted molar refractivity (Wildman–Crippen MR) is 177 cm³/mol. The van der Waals surface area contributed by atoms with Gasteiger partial charge in [0.05, 0.1) is 18.0 Å². The lowest BCUT2D eigenvalue weighted by Gasteiger charge is -2.37. The van der Waals surface area contributed by atoms with Crippen molar-refractivity contribution < 1.29 is 32.3 Å². The smallest absolute Gasteiger partial charge is 0.416 e. The number of halogens is 4. The van der Waals surface area contributed by atoms with Crippen LogP contribution < -0.4 is 10.9 Å². The summed E-state index contributed by atoms with van der Waals surface area (Å²) in [6.07, 6.45) is -4.22. The third kappa shape index (κ3) is 8.53. The predicted octanol–water partition coefficient (Wildman–Crippen LogP) is 7.32. The molecule has 2 N–H and O–H groups in total. The third-order valence-electron chi connectivity index (χ3n) is 8.96. The van der Waals surface area contributed by atoms with Gasteiger partial charge in [0.1, 0.15) is 11.9 Å². The van der Waals surface area contributed by atoms with E-state index >= 15 is 4.39 Å². The summed E-state index contributed by atoms with van der Waals surface area (Å²) >= 11 is 0. The van der Waals surface area contributed by atoms with E-state index in [4.69, 9.17) is 0 Å². The van der Waals surface area contributed by atoms with Crippen LogP contribution in [0.25, 0.3) is 11.1 Å². The van der Waals surface area contributed by atoms with E-state index in [1.807, 2.05) is 37.8 Å². The van der Waals surface area contributed by atoms with Gasteiger partial charge >= 0.3 is 12.1 Å². The second-order valence-corrected chi connectivity index (χ2v) is 13.8. The van der Waals surface area contributed by atoms with Gasteiger partial charge < -0.3 is 19.9 Å². The fourth-order valence-electron chi connectivity index (χ4n) is 6.89. The first-order chi connectivity index (χ1) is 22.3. The molecule has 7 nitrogen and oxygen atoms in total. The van der Waals surface area contributed by atoms with Gasteiger partial charge in [0.15, 0.2) is 0 Å². The van der Waals surface area contributed by atoms with Gasteiger partial charge in [-0.25, -0.2) is 4.39 Å². The molecule has 0 spiro atoms. The van der Waals surface area contributed by atoms with Gasteiger partial charge in [-0.3, -0.25) is 14.4 Å². The third-order valence-corrected chi connectivity index (χ3v) is 8.96. The molecule has 3 aromatic rings. The Hall–Kier alpha value is -3.99. The highest BCUT2D eigenvalue weighted by atomic mass is 19.4. The lowest BCUT2D eigenvalue weighted by molar-refractivity contribution is -0.139. The van der Waals surface area contributed by atoms with E-state index in [-0.39, 0.29) is 35.4 Å². The Morgan fingerprint density at radius 1 is 1.00 bits per heavy atom. The van der Waals surface area contributed by atoms with Crippen LogP contribution in [0.1, 0.15) is 84.6 Å². The molecule has 1 aliphatic heterocycles. The first-order valence-corrected chi connectivity index (χ1v) is 16.3. The number of benzene rings is 2. The summed E-state index contributed by atoms with van der Waals surface area (Å²) < 4.78 is 59.0. The molecule has 0 saturated carbocycles. The first-order valence-electron chi connectivity index (χ1n) is 16.3. The molecule has 1 amide bonds. The maximum Gasteiger partial charge on any atom is 0.416 e. The highest BCUT2D eigenvalue weighted by Gasteiger charge is 2.36. The van der Waals surface area contributed by atoms with Crippen LogP contribution in [0.3, 0.4) is 0 Å². The van der Waals surface area contributed by atoms with Crippen molar-refractivity contribution in [3.05, 3.63) is 91.6 Å². The minimum absolute atomic E-state index is 0.0224. The van der Waals surface area contributed by atoms with Gasteiger partial charge in [-0.05, 0) is 97.9 Å². The number of likely N-dealkylation sites (tertiary alicyclic amines) is 1. The Bertz CT molecular complexity index is 1720. The van der Waals surface area contributed by atoms with Gasteiger partial charge in [-0.15, -0.1) is 0 Å². The quantitative estimate of drug-likeness (QED) is 0.197. The van der Waals surface area contributed by atoms with Crippen LogP contribution in [0, 0.1) is 45.3 Å². The largest absolute Gasteiger partial charge is 0.481 e. The number of alkyl halides is 3. The Morgan fingerprint density at radius 2 is 1.62 bits per heavy atom. The molecule has 11 heteroatoms. The number of nitrogens with one attached hydrogen (secondary N) is 1. The molecule has 1 aromatic heterocycles. The average Bonchev–Trinajstić information content (AvgIpc) is 2.93. The molecule has 1 saturated heterocycles. The molecule has 0 bridgehead atoms. The molecule has 2 heterocycles. The summed E-state index contributed by atoms with van der Waals surface area (Å²) in [6, 6.07) is 5.14. The van der Waals surface area contributed by atoms with E-state index in [9.17, 15) is 32.7 Å². The van der Waals surface area contributed by atoms with Gasteiger partial charge in [-0.2, -0.15) is 13.2 Å². The second-order valence-electron chi connectivity index (χ2n) is 13.8. The van der Waals surface area contributed by atoms with Gasteiger partial charge in [0, 0.05) is 37.5 Å². The number of pyridine rings is 1. The number of aliphatic carboxylic acids is 1. The van der Waals surface area contributed by atoms with Crippen molar-refractivity contribution in [2.75, 3.05) is 19.6 Å². The SMILES string of the molecule is Cc1cc(C)c(-c2cc(C)c(F)c([C@H](CC(=O)O)NC(=O)C(CC(C)C)n3cc(CCN4CC(C)C4)c(C(F)(F)F)cc3=O)c2)c(C)c1. The molecule has 0 radical (unpaired) electrons. The Morgan fingerprint density at radius 3 is 2.17 bits per heavy atom. The van der Waals surface area contributed by atoms with Crippen LogP contribution >= 0.6 is 0 Å². The first kappa shape index (κ1) is 36.8. The number of aryl methyl sites for hydroxylation is 4. The summed E-state index contributed by atoms with van der Waals surface area (Å²) in [5.74, 6) is -2.47. The van der Waals surface area contributed by atoms with Crippen molar-refractivity contribution in [3.8, 4) is 11.1 Å². The number of carbonyl (C=O) groups excluding carboxylic acids is 1. The summed E-state index contributed by atoms with van der Waals surface area (Å²) in [5, 5.41) is 12.5. The fraction of sp³-hybridized carbons (Fsp3) is 0.486. The van der Waals surface area contributed by atoms with Gasteiger partial charge in [0.2, 0.25) is 5.91 Å². The van der Waals surface area contributed by atoms with Crippen LogP contribution in [0.15, 0.2) is 41.3 Å². The van der Waals surface area contributed by atoms with Gasteiger partial charge in [0.25, 0.3) is 5.56 Å². The number of carbonyl (C=O) groups is 2. The minimum atomic E-state index is -4.77. The molecule has 2 atom stereocenters. The maximum atomic E-state index is 15.8. The van der Waals surface area contributed by atoms with Crippen molar-refractivity contribution in [1.29, 1.82) is 0 Å². The number of hydrogen-bond donors (Lipinski definition) is 2. The molecular weight excluding hydrogens is 626 g/mol.